The first-order valence-corrected chi connectivity index (χ1v) is 11.9. The number of hydrogen-bond acceptors (Lipinski definition) is 6. The molecular formula is C26H26N4O3S. The molecule has 0 saturated carbocycles. The minimum absolute atomic E-state index is 0.0586. The highest BCUT2D eigenvalue weighted by molar-refractivity contribution is 7.99. The molecule has 0 spiro atoms. The van der Waals surface area contributed by atoms with Crippen LogP contribution in [0.3, 0.4) is 0 Å². The fourth-order valence-corrected chi connectivity index (χ4v) is 4.31. The molecule has 0 bridgehead atoms. The minimum atomic E-state index is -0.0586. The van der Waals surface area contributed by atoms with E-state index in [9.17, 15) is 4.79 Å². The van der Waals surface area contributed by atoms with Gasteiger partial charge in [0, 0.05) is 12.1 Å². The summed E-state index contributed by atoms with van der Waals surface area (Å²) >= 11 is 1.32. The molecule has 0 aliphatic rings. The molecular weight excluding hydrogens is 448 g/mol. The van der Waals surface area contributed by atoms with Gasteiger partial charge in [0.05, 0.1) is 18.6 Å². The Morgan fingerprint density at radius 2 is 1.65 bits per heavy atom. The smallest absolute Gasteiger partial charge is 0.230 e. The SMILES string of the molecule is CCNC(=O)CSc1nnc(COc2ccccc2-c2ccccc2)n1-c1ccccc1OC. The van der Waals surface area contributed by atoms with Crippen molar-refractivity contribution in [3.05, 3.63) is 84.7 Å². The quantitative estimate of drug-likeness (QED) is 0.334. The van der Waals surface area contributed by atoms with Crippen molar-refractivity contribution in [3.63, 3.8) is 0 Å². The van der Waals surface area contributed by atoms with E-state index in [1.54, 1.807) is 7.11 Å². The van der Waals surface area contributed by atoms with Gasteiger partial charge in [-0.25, -0.2) is 0 Å². The van der Waals surface area contributed by atoms with E-state index in [0.717, 1.165) is 22.6 Å². The van der Waals surface area contributed by atoms with E-state index < -0.39 is 0 Å². The van der Waals surface area contributed by atoms with Crippen LogP contribution in [0.4, 0.5) is 0 Å². The predicted molar refractivity (Wildman–Crippen MR) is 134 cm³/mol. The molecule has 8 heteroatoms. The van der Waals surface area contributed by atoms with Crippen LogP contribution in [-0.2, 0) is 11.4 Å². The Morgan fingerprint density at radius 3 is 2.41 bits per heavy atom. The number of thioether (sulfide) groups is 1. The fraction of sp³-hybridized carbons (Fsp3) is 0.192. The number of carbonyl (C=O) groups excluding carboxylic acids is 1. The minimum Gasteiger partial charge on any atom is -0.495 e. The van der Waals surface area contributed by atoms with Crippen molar-refractivity contribution < 1.29 is 14.3 Å². The summed E-state index contributed by atoms with van der Waals surface area (Å²) in [6.45, 7) is 2.66. The number of hydrogen-bond donors (Lipinski definition) is 1. The Labute approximate surface area is 203 Å². The van der Waals surface area contributed by atoms with E-state index in [-0.39, 0.29) is 18.3 Å². The van der Waals surface area contributed by atoms with Crippen molar-refractivity contribution in [1.82, 2.24) is 20.1 Å². The summed E-state index contributed by atoms with van der Waals surface area (Å²) in [7, 11) is 1.62. The lowest BCUT2D eigenvalue weighted by molar-refractivity contribution is -0.118. The molecule has 0 aliphatic carbocycles. The Morgan fingerprint density at radius 1 is 0.941 bits per heavy atom. The molecule has 0 radical (unpaired) electrons. The molecule has 1 amide bonds. The largest absolute Gasteiger partial charge is 0.495 e. The van der Waals surface area contributed by atoms with Crippen molar-refractivity contribution >= 4 is 17.7 Å². The highest BCUT2D eigenvalue weighted by Gasteiger charge is 2.19. The van der Waals surface area contributed by atoms with Crippen LogP contribution in [0.15, 0.2) is 84.0 Å². The molecule has 0 aliphatic heterocycles. The van der Waals surface area contributed by atoms with Gasteiger partial charge in [0.15, 0.2) is 11.0 Å². The second kappa shape index (κ2) is 11.4. The molecule has 34 heavy (non-hydrogen) atoms. The third-order valence-corrected chi connectivity index (χ3v) is 5.99. The van der Waals surface area contributed by atoms with Gasteiger partial charge in [-0.05, 0) is 30.7 Å². The topological polar surface area (TPSA) is 78.3 Å². The Hall–Kier alpha value is -3.78. The lowest BCUT2D eigenvalue weighted by Gasteiger charge is -2.15. The average Bonchev–Trinajstić information content (AvgIpc) is 3.29. The van der Waals surface area contributed by atoms with Crippen LogP contribution in [-0.4, -0.2) is 40.1 Å². The number of aromatic nitrogens is 3. The van der Waals surface area contributed by atoms with E-state index in [2.05, 4.69) is 27.6 Å². The summed E-state index contributed by atoms with van der Waals surface area (Å²) in [5, 5.41) is 12.1. The van der Waals surface area contributed by atoms with Crippen LogP contribution in [0.25, 0.3) is 16.8 Å². The number of para-hydroxylation sites is 3. The number of benzene rings is 3. The molecule has 0 fully saturated rings. The number of amides is 1. The van der Waals surface area contributed by atoms with Gasteiger partial charge < -0.3 is 14.8 Å². The van der Waals surface area contributed by atoms with Gasteiger partial charge in [-0.15, -0.1) is 10.2 Å². The molecule has 7 nitrogen and oxygen atoms in total. The van der Waals surface area contributed by atoms with Gasteiger partial charge in [-0.1, -0.05) is 72.4 Å². The second-order valence-electron chi connectivity index (χ2n) is 7.30. The molecule has 4 aromatic rings. The summed E-state index contributed by atoms with van der Waals surface area (Å²) in [4.78, 5) is 12.0. The average molecular weight is 475 g/mol. The lowest BCUT2D eigenvalue weighted by atomic mass is 10.1. The zero-order valence-corrected chi connectivity index (χ0v) is 19.9. The van der Waals surface area contributed by atoms with Crippen molar-refractivity contribution in [2.75, 3.05) is 19.4 Å². The van der Waals surface area contributed by atoms with Crippen LogP contribution in [0.1, 0.15) is 12.7 Å². The maximum Gasteiger partial charge on any atom is 0.230 e. The maximum absolute atomic E-state index is 12.0. The Kier molecular flexibility index (Phi) is 7.83. The van der Waals surface area contributed by atoms with E-state index in [0.29, 0.717) is 23.3 Å². The van der Waals surface area contributed by atoms with Crippen molar-refractivity contribution in [1.29, 1.82) is 0 Å². The highest BCUT2D eigenvalue weighted by atomic mass is 32.2. The molecule has 1 N–H and O–H groups in total. The van der Waals surface area contributed by atoms with E-state index >= 15 is 0 Å². The van der Waals surface area contributed by atoms with Gasteiger partial charge in [-0.2, -0.15) is 0 Å². The van der Waals surface area contributed by atoms with Gasteiger partial charge in [0.2, 0.25) is 5.91 Å². The van der Waals surface area contributed by atoms with E-state index in [1.165, 1.54) is 11.8 Å². The molecule has 1 aromatic heterocycles. The number of nitrogens with zero attached hydrogens (tertiary/aromatic N) is 3. The number of rotatable bonds is 10. The van der Waals surface area contributed by atoms with Crippen LogP contribution in [0.2, 0.25) is 0 Å². The molecule has 0 atom stereocenters. The second-order valence-corrected chi connectivity index (χ2v) is 8.24. The maximum atomic E-state index is 12.0. The highest BCUT2D eigenvalue weighted by Crippen LogP contribution is 2.32. The van der Waals surface area contributed by atoms with E-state index in [4.69, 9.17) is 9.47 Å². The van der Waals surface area contributed by atoms with Crippen molar-refractivity contribution in [2.24, 2.45) is 0 Å². The van der Waals surface area contributed by atoms with Crippen molar-refractivity contribution in [2.45, 2.75) is 18.7 Å². The summed E-state index contributed by atoms with van der Waals surface area (Å²) in [6, 6.07) is 25.6. The van der Waals surface area contributed by atoms with E-state index in [1.807, 2.05) is 78.2 Å². The number of carbonyl (C=O) groups is 1. The Balaban J connectivity index is 1.65. The number of ether oxygens (including phenoxy) is 2. The summed E-state index contributed by atoms with van der Waals surface area (Å²) < 4.78 is 13.7. The zero-order valence-electron chi connectivity index (χ0n) is 19.1. The van der Waals surface area contributed by atoms with Gasteiger partial charge >= 0.3 is 0 Å². The van der Waals surface area contributed by atoms with Crippen LogP contribution >= 0.6 is 11.8 Å². The van der Waals surface area contributed by atoms with Crippen molar-refractivity contribution in [3.8, 4) is 28.3 Å². The molecule has 174 valence electrons. The Bertz CT molecular complexity index is 1240. The fourth-order valence-electron chi connectivity index (χ4n) is 3.51. The molecule has 3 aromatic carbocycles. The zero-order chi connectivity index (χ0) is 23.8. The standard InChI is InChI=1S/C26H26N4O3S/c1-3-27-25(31)18-34-26-29-28-24(30(26)21-14-8-10-16-23(21)32-2)17-33-22-15-9-7-13-20(22)19-11-5-4-6-12-19/h4-16H,3,17-18H2,1-2H3,(H,27,31). The first-order valence-electron chi connectivity index (χ1n) is 11.0. The third-order valence-electron chi connectivity index (χ3n) is 5.06. The monoisotopic (exact) mass is 474 g/mol. The molecule has 1 heterocycles. The number of methoxy groups -OCH3 is 1. The summed E-state index contributed by atoms with van der Waals surface area (Å²) in [6.07, 6.45) is 0. The van der Waals surface area contributed by atoms with Gasteiger partial charge in [0.25, 0.3) is 0 Å². The summed E-state index contributed by atoms with van der Waals surface area (Å²) in [5.41, 5.74) is 2.85. The molecule has 4 rings (SSSR count). The third kappa shape index (κ3) is 5.40. The predicted octanol–water partition coefficient (Wildman–Crippen LogP) is 4.75. The summed E-state index contributed by atoms with van der Waals surface area (Å²) in [5.74, 6) is 2.20. The molecule has 0 saturated heterocycles. The first-order chi connectivity index (χ1) is 16.7. The normalized spacial score (nSPS) is 10.6. The van der Waals surface area contributed by atoms with Crippen LogP contribution in [0, 0.1) is 0 Å². The number of nitrogens with one attached hydrogen (secondary N) is 1. The first kappa shape index (κ1) is 23.4. The molecule has 0 unspecified atom stereocenters. The van der Waals surface area contributed by atoms with Crippen LogP contribution < -0.4 is 14.8 Å². The van der Waals surface area contributed by atoms with Gasteiger partial charge in [-0.3, -0.25) is 9.36 Å². The lowest BCUT2D eigenvalue weighted by Crippen LogP contribution is -2.24. The van der Waals surface area contributed by atoms with Crippen LogP contribution in [0.5, 0.6) is 11.5 Å². The van der Waals surface area contributed by atoms with Gasteiger partial charge in [0.1, 0.15) is 18.1 Å².